The highest BCUT2D eigenvalue weighted by Gasteiger charge is 2.08. The smallest absolute Gasteiger partial charge is 0.222 e. The molecule has 96 valence electrons. The monoisotopic (exact) mass is 274 g/mol. The zero-order valence-corrected chi connectivity index (χ0v) is 12.0. The van der Waals surface area contributed by atoms with Gasteiger partial charge in [-0.25, -0.2) is 0 Å². The predicted molar refractivity (Wildman–Crippen MR) is 73.6 cm³/mol. The van der Waals surface area contributed by atoms with Gasteiger partial charge in [-0.2, -0.15) is 0 Å². The van der Waals surface area contributed by atoms with E-state index in [9.17, 15) is 4.79 Å². The maximum absolute atomic E-state index is 11.3. The summed E-state index contributed by atoms with van der Waals surface area (Å²) in [5, 5.41) is 6.21. The van der Waals surface area contributed by atoms with Gasteiger partial charge in [0, 0.05) is 29.9 Å². The van der Waals surface area contributed by atoms with Gasteiger partial charge >= 0.3 is 0 Å². The maximum atomic E-state index is 11.3. The van der Waals surface area contributed by atoms with E-state index in [0.29, 0.717) is 6.54 Å². The van der Waals surface area contributed by atoms with E-state index >= 15 is 0 Å². The number of thiophene rings is 1. The summed E-state index contributed by atoms with van der Waals surface area (Å²) >= 11 is 7.46. The Labute approximate surface area is 112 Å². The second kappa shape index (κ2) is 6.99. The molecule has 1 heterocycles. The number of carbonyl (C=O) groups excluding carboxylic acids is 1. The molecule has 1 unspecified atom stereocenters. The van der Waals surface area contributed by atoms with Gasteiger partial charge in [0.1, 0.15) is 0 Å². The molecule has 1 atom stereocenters. The van der Waals surface area contributed by atoms with Crippen molar-refractivity contribution in [2.75, 3.05) is 13.1 Å². The normalized spacial score (nSPS) is 12.8. The van der Waals surface area contributed by atoms with Gasteiger partial charge in [-0.05, 0) is 19.1 Å². The molecule has 1 rings (SSSR count). The van der Waals surface area contributed by atoms with Crippen molar-refractivity contribution in [1.29, 1.82) is 0 Å². The molecule has 0 aliphatic rings. The van der Waals surface area contributed by atoms with E-state index in [0.717, 1.165) is 10.9 Å². The molecular formula is C12H19ClN2OS. The van der Waals surface area contributed by atoms with E-state index in [2.05, 4.69) is 17.6 Å². The van der Waals surface area contributed by atoms with E-state index < -0.39 is 0 Å². The predicted octanol–water partition coefficient (Wildman–Crippen LogP) is 2.82. The fraction of sp³-hybridized carbons (Fsp3) is 0.583. The highest BCUT2D eigenvalue weighted by molar-refractivity contribution is 7.16. The largest absolute Gasteiger partial charge is 0.355 e. The summed E-state index contributed by atoms with van der Waals surface area (Å²) in [5.74, 6) is 0.141. The van der Waals surface area contributed by atoms with Crippen LogP contribution in [0.2, 0.25) is 4.34 Å². The maximum Gasteiger partial charge on any atom is 0.222 e. The van der Waals surface area contributed by atoms with Crippen LogP contribution in [0.5, 0.6) is 0 Å². The van der Waals surface area contributed by atoms with Crippen molar-refractivity contribution in [3.05, 3.63) is 21.3 Å². The molecule has 1 amide bonds. The molecule has 0 bridgehead atoms. The lowest BCUT2D eigenvalue weighted by atomic mass is 10.2. The van der Waals surface area contributed by atoms with Crippen molar-refractivity contribution in [2.45, 2.75) is 26.8 Å². The van der Waals surface area contributed by atoms with E-state index in [1.807, 2.05) is 26.0 Å². The van der Waals surface area contributed by atoms with Crippen LogP contribution < -0.4 is 10.6 Å². The Balaban J connectivity index is 2.21. The number of hydrogen-bond donors (Lipinski definition) is 2. The summed E-state index contributed by atoms with van der Waals surface area (Å²) in [7, 11) is 0. The number of nitrogens with one attached hydrogen (secondary N) is 2. The zero-order chi connectivity index (χ0) is 12.8. The molecule has 0 radical (unpaired) electrons. The quantitative estimate of drug-likeness (QED) is 0.783. The Morgan fingerprint density at radius 1 is 1.35 bits per heavy atom. The lowest BCUT2D eigenvalue weighted by Crippen LogP contribution is -2.34. The highest BCUT2D eigenvalue weighted by Crippen LogP contribution is 2.26. The summed E-state index contributed by atoms with van der Waals surface area (Å²) in [6.07, 6.45) is 0. The van der Waals surface area contributed by atoms with Crippen molar-refractivity contribution < 1.29 is 4.79 Å². The number of amides is 1. The summed E-state index contributed by atoms with van der Waals surface area (Å²) in [4.78, 5) is 12.5. The minimum absolute atomic E-state index is 0.0449. The van der Waals surface area contributed by atoms with Crippen LogP contribution in [-0.4, -0.2) is 19.0 Å². The Bertz CT molecular complexity index is 365. The van der Waals surface area contributed by atoms with Crippen LogP contribution in [0.15, 0.2) is 12.1 Å². The first-order valence-electron chi connectivity index (χ1n) is 5.77. The van der Waals surface area contributed by atoms with Crippen LogP contribution in [0.3, 0.4) is 0 Å². The second-order valence-electron chi connectivity index (χ2n) is 4.26. The lowest BCUT2D eigenvalue weighted by Gasteiger charge is -2.13. The van der Waals surface area contributed by atoms with E-state index in [-0.39, 0.29) is 17.9 Å². The van der Waals surface area contributed by atoms with Crippen molar-refractivity contribution in [3.8, 4) is 0 Å². The van der Waals surface area contributed by atoms with E-state index in [1.165, 1.54) is 4.88 Å². The van der Waals surface area contributed by atoms with Crippen molar-refractivity contribution in [3.63, 3.8) is 0 Å². The Kier molecular flexibility index (Phi) is 5.95. The second-order valence-corrected chi connectivity index (χ2v) is 6.01. The summed E-state index contributed by atoms with van der Waals surface area (Å²) in [6, 6.07) is 4.20. The topological polar surface area (TPSA) is 41.1 Å². The van der Waals surface area contributed by atoms with Crippen molar-refractivity contribution in [2.24, 2.45) is 5.92 Å². The standard InChI is InChI=1S/C12H19ClN2OS/c1-8(2)12(16)15-7-6-14-9(3)10-4-5-11(13)17-10/h4-5,8-9,14H,6-7H2,1-3H3,(H,15,16). The molecule has 0 spiro atoms. The van der Waals surface area contributed by atoms with Gasteiger partial charge in [0.2, 0.25) is 5.91 Å². The van der Waals surface area contributed by atoms with E-state index in [1.54, 1.807) is 11.3 Å². The average Bonchev–Trinajstić information content (AvgIpc) is 2.70. The van der Waals surface area contributed by atoms with Crippen LogP contribution in [-0.2, 0) is 4.79 Å². The summed E-state index contributed by atoms with van der Waals surface area (Å²) < 4.78 is 0.807. The van der Waals surface area contributed by atoms with Crippen LogP contribution in [0.25, 0.3) is 0 Å². The SMILES string of the molecule is CC(C)C(=O)NCCNC(C)c1ccc(Cl)s1. The van der Waals surface area contributed by atoms with Gasteiger partial charge in [0.15, 0.2) is 0 Å². The summed E-state index contributed by atoms with van der Waals surface area (Å²) in [6.45, 7) is 7.28. The van der Waals surface area contributed by atoms with Gasteiger partial charge in [0.25, 0.3) is 0 Å². The average molecular weight is 275 g/mol. The zero-order valence-electron chi connectivity index (χ0n) is 10.4. The number of halogens is 1. The number of carbonyl (C=O) groups is 1. The Morgan fingerprint density at radius 3 is 2.59 bits per heavy atom. The molecule has 2 N–H and O–H groups in total. The molecule has 0 saturated heterocycles. The van der Waals surface area contributed by atoms with Gasteiger partial charge in [-0.15, -0.1) is 11.3 Å². The lowest BCUT2D eigenvalue weighted by molar-refractivity contribution is -0.123. The highest BCUT2D eigenvalue weighted by atomic mass is 35.5. The van der Waals surface area contributed by atoms with Crippen LogP contribution in [0.4, 0.5) is 0 Å². The van der Waals surface area contributed by atoms with Crippen LogP contribution >= 0.6 is 22.9 Å². The molecule has 1 aromatic heterocycles. The first-order chi connectivity index (χ1) is 8.00. The molecule has 1 aromatic rings. The molecule has 17 heavy (non-hydrogen) atoms. The Morgan fingerprint density at radius 2 is 2.06 bits per heavy atom. The molecule has 0 aliphatic carbocycles. The minimum Gasteiger partial charge on any atom is -0.355 e. The molecule has 0 saturated carbocycles. The first kappa shape index (κ1) is 14.5. The number of rotatable bonds is 6. The molecule has 5 heteroatoms. The van der Waals surface area contributed by atoms with E-state index in [4.69, 9.17) is 11.6 Å². The third-order valence-electron chi connectivity index (χ3n) is 2.42. The van der Waals surface area contributed by atoms with Crippen molar-refractivity contribution in [1.82, 2.24) is 10.6 Å². The summed E-state index contributed by atoms with van der Waals surface area (Å²) in [5.41, 5.74) is 0. The van der Waals surface area contributed by atoms with Crippen LogP contribution in [0.1, 0.15) is 31.7 Å². The molecule has 0 fully saturated rings. The minimum atomic E-state index is 0.0449. The third kappa shape index (κ3) is 5.06. The molecular weight excluding hydrogens is 256 g/mol. The molecule has 3 nitrogen and oxygen atoms in total. The fourth-order valence-corrected chi connectivity index (χ4v) is 2.43. The van der Waals surface area contributed by atoms with Gasteiger partial charge in [0.05, 0.1) is 4.34 Å². The van der Waals surface area contributed by atoms with Gasteiger partial charge in [-0.3, -0.25) is 4.79 Å². The molecule has 0 aliphatic heterocycles. The fourth-order valence-electron chi connectivity index (χ4n) is 1.34. The first-order valence-corrected chi connectivity index (χ1v) is 6.96. The van der Waals surface area contributed by atoms with Gasteiger partial charge < -0.3 is 10.6 Å². The Hall–Kier alpha value is -0.580. The van der Waals surface area contributed by atoms with Gasteiger partial charge in [-0.1, -0.05) is 25.4 Å². The number of hydrogen-bond acceptors (Lipinski definition) is 3. The third-order valence-corrected chi connectivity index (χ3v) is 3.83. The van der Waals surface area contributed by atoms with Crippen LogP contribution in [0, 0.1) is 5.92 Å². The molecule has 0 aromatic carbocycles. The van der Waals surface area contributed by atoms with Crippen molar-refractivity contribution >= 4 is 28.8 Å².